The van der Waals surface area contributed by atoms with Crippen LogP contribution >= 0.6 is 0 Å². The first-order chi connectivity index (χ1) is 7.65. The van der Waals surface area contributed by atoms with E-state index >= 15 is 0 Å². The van der Waals surface area contributed by atoms with E-state index in [0.717, 1.165) is 24.3 Å². The molecule has 0 aromatic heterocycles. The van der Waals surface area contributed by atoms with Crippen molar-refractivity contribution in [2.45, 2.75) is 25.9 Å². The summed E-state index contributed by atoms with van der Waals surface area (Å²) in [4.78, 5) is 11.2. The molecule has 1 aromatic rings. The molecular weight excluding hydrogens is 202 g/mol. The average molecular weight is 219 g/mol. The SMILES string of the molecule is CC(N)CNCc1ccc2c(c1)CC(=O)N2. The fraction of sp³-hybridized carbons (Fsp3) is 0.417. The Morgan fingerprint density at radius 3 is 3.12 bits per heavy atom. The smallest absolute Gasteiger partial charge is 0.228 e. The number of fused-ring (bicyclic) bond motifs is 1. The molecule has 1 aliphatic heterocycles. The minimum Gasteiger partial charge on any atom is -0.327 e. The van der Waals surface area contributed by atoms with Gasteiger partial charge in [-0.3, -0.25) is 4.79 Å². The number of anilines is 1. The molecule has 0 radical (unpaired) electrons. The van der Waals surface area contributed by atoms with E-state index in [4.69, 9.17) is 5.73 Å². The fourth-order valence-electron chi connectivity index (χ4n) is 1.84. The van der Waals surface area contributed by atoms with Crippen molar-refractivity contribution in [1.82, 2.24) is 5.32 Å². The Kier molecular flexibility index (Phi) is 3.22. The molecule has 1 atom stereocenters. The highest BCUT2D eigenvalue weighted by Crippen LogP contribution is 2.23. The largest absolute Gasteiger partial charge is 0.327 e. The molecule has 0 spiro atoms. The minimum absolute atomic E-state index is 0.0793. The first-order valence-corrected chi connectivity index (χ1v) is 5.53. The Bertz CT molecular complexity index is 401. The Hall–Kier alpha value is -1.39. The first kappa shape index (κ1) is 11.1. The summed E-state index contributed by atoms with van der Waals surface area (Å²) in [5.74, 6) is 0.0793. The minimum atomic E-state index is 0.0793. The second-order valence-corrected chi connectivity index (χ2v) is 4.32. The number of nitrogens with one attached hydrogen (secondary N) is 2. The molecule has 4 N–H and O–H groups in total. The molecule has 0 saturated carbocycles. The highest BCUT2D eigenvalue weighted by Gasteiger charge is 2.17. The number of rotatable bonds is 4. The van der Waals surface area contributed by atoms with Crippen molar-refractivity contribution in [1.29, 1.82) is 0 Å². The molecule has 1 unspecified atom stereocenters. The van der Waals surface area contributed by atoms with Gasteiger partial charge in [0.05, 0.1) is 6.42 Å². The van der Waals surface area contributed by atoms with E-state index in [0.29, 0.717) is 6.42 Å². The van der Waals surface area contributed by atoms with Crippen molar-refractivity contribution >= 4 is 11.6 Å². The van der Waals surface area contributed by atoms with E-state index in [1.54, 1.807) is 0 Å². The molecule has 86 valence electrons. The third kappa shape index (κ3) is 2.59. The maximum absolute atomic E-state index is 11.2. The van der Waals surface area contributed by atoms with Gasteiger partial charge < -0.3 is 16.4 Å². The van der Waals surface area contributed by atoms with E-state index in [1.807, 2.05) is 19.1 Å². The van der Waals surface area contributed by atoms with Crippen LogP contribution in [0.1, 0.15) is 18.1 Å². The highest BCUT2D eigenvalue weighted by molar-refractivity contribution is 5.99. The Balaban J connectivity index is 1.97. The van der Waals surface area contributed by atoms with Gasteiger partial charge >= 0.3 is 0 Å². The molecule has 0 saturated heterocycles. The number of hydrogen-bond acceptors (Lipinski definition) is 3. The lowest BCUT2D eigenvalue weighted by molar-refractivity contribution is -0.115. The van der Waals surface area contributed by atoms with Gasteiger partial charge in [0.2, 0.25) is 5.91 Å². The van der Waals surface area contributed by atoms with Crippen LogP contribution in [-0.2, 0) is 17.8 Å². The third-order valence-corrected chi connectivity index (χ3v) is 2.59. The average Bonchev–Trinajstić information content (AvgIpc) is 2.56. The number of carbonyl (C=O) groups is 1. The molecule has 2 rings (SSSR count). The second kappa shape index (κ2) is 4.63. The standard InChI is InChI=1S/C12H17N3O/c1-8(13)6-14-7-9-2-3-11-10(4-9)5-12(16)15-11/h2-4,8,14H,5-7,13H2,1H3,(H,15,16). The zero-order valence-corrected chi connectivity index (χ0v) is 9.42. The van der Waals surface area contributed by atoms with Gasteiger partial charge in [0.25, 0.3) is 0 Å². The second-order valence-electron chi connectivity index (χ2n) is 4.32. The van der Waals surface area contributed by atoms with Crippen molar-refractivity contribution < 1.29 is 4.79 Å². The van der Waals surface area contributed by atoms with Crippen molar-refractivity contribution in [2.75, 3.05) is 11.9 Å². The Morgan fingerprint density at radius 1 is 1.56 bits per heavy atom. The number of hydrogen-bond donors (Lipinski definition) is 3. The van der Waals surface area contributed by atoms with Crippen LogP contribution in [0.5, 0.6) is 0 Å². The van der Waals surface area contributed by atoms with Gasteiger partial charge in [-0.25, -0.2) is 0 Å². The first-order valence-electron chi connectivity index (χ1n) is 5.53. The van der Waals surface area contributed by atoms with Gasteiger partial charge in [-0.2, -0.15) is 0 Å². The van der Waals surface area contributed by atoms with E-state index in [2.05, 4.69) is 16.7 Å². The molecule has 0 bridgehead atoms. The van der Waals surface area contributed by atoms with Crippen LogP contribution in [0.15, 0.2) is 18.2 Å². The zero-order valence-electron chi connectivity index (χ0n) is 9.42. The van der Waals surface area contributed by atoms with Gasteiger partial charge in [-0.1, -0.05) is 12.1 Å². The van der Waals surface area contributed by atoms with Gasteiger partial charge in [0, 0.05) is 24.8 Å². The fourth-order valence-corrected chi connectivity index (χ4v) is 1.84. The van der Waals surface area contributed by atoms with Crippen LogP contribution in [-0.4, -0.2) is 18.5 Å². The topological polar surface area (TPSA) is 67.1 Å². The Labute approximate surface area is 95.2 Å². The van der Waals surface area contributed by atoms with Gasteiger partial charge in [0.15, 0.2) is 0 Å². The van der Waals surface area contributed by atoms with Crippen molar-refractivity contribution in [3.8, 4) is 0 Å². The summed E-state index contributed by atoms with van der Waals surface area (Å²) >= 11 is 0. The monoisotopic (exact) mass is 219 g/mol. The van der Waals surface area contributed by atoms with Crippen LogP contribution in [0.3, 0.4) is 0 Å². The van der Waals surface area contributed by atoms with Gasteiger partial charge in [-0.05, 0) is 24.1 Å². The summed E-state index contributed by atoms with van der Waals surface area (Å²) in [6, 6.07) is 6.22. The maximum Gasteiger partial charge on any atom is 0.228 e. The van der Waals surface area contributed by atoms with Crippen LogP contribution < -0.4 is 16.4 Å². The molecule has 1 amide bonds. The van der Waals surface area contributed by atoms with E-state index < -0.39 is 0 Å². The van der Waals surface area contributed by atoms with Crippen molar-refractivity contribution in [2.24, 2.45) is 5.73 Å². The number of amides is 1. The summed E-state index contributed by atoms with van der Waals surface area (Å²) in [5, 5.41) is 6.09. The molecule has 1 aliphatic rings. The summed E-state index contributed by atoms with van der Waals surface area (Å²) in [7, 11) is 0. The lowest BCUT2D eigenvalue weighted by Gasteiger charge is -2.08. The van der Waals surface area contributed by atoms with Crippen LogP contribution in [0.4, 0.5) is 5.69 Å². The lowest BCUT2D eigenvalue weighted by atomic mass is 10.1. The highest BCUT2D eigenvalue weighted by atomic mass is 16.1. The van der Waals surface area contributed by atoms with Crippen molar-refractivity contribution in [3.63, 3.8) is 0 Å². The molecule has 1 heterocycles. The summed E-state index contributed by atoms with van der Waals surface area (Å²) in [6.45, 7) is 3.57. The predicted octanol–water partition coefficient (Wildman–Crippen LogP) is 0.618. The number of nitrogens with two attached hydrogens (primary N) is 1. The van der Waals surface area contributed by atoms with E-state index in [1.165, 1.54) is 5.56 Å². The molecule has 0 fully saturated rings. The molecular formula is C12H17N3O. The van der Waals surface area contributed by atoms with Crippen LogP contribution in [0.25, 0.3) is 0 Å². The molecule has 1 aromatic carbocycles. The van der Waals surface area contributed by atoms with E-state index in [9.17, 15) is 4.79 Å². The maximum atomic E-state index is 11.2. The summed E-state index contributed by atoms with van der Waals surface area (Å²) in [6.07, 6.45) is 0.496. The predicted molar refractivity (Wildman–Crippen MR) is 64.1 cm³/mol. The number of benzene rings is 1. The van der Waals surface area contributed by atoms with Crippen molar-refractivity contribution in [3.05, 3.63) is 29.3 Å². The number of carbonyl (C=O) groups excluding carboxylic acids is 1. The quantitative estimate of drug-likeness (QED) is 0.695. The van der Waals surface area contributed by atoms with Crippen LogP contribution in [0.2, 0.25) is 0 Å². The van der Waals surface area contributed by atoms with Gasteiger partial charge in [-0.15, -0.1) is 0 Å². The summed E-state index contributed by atoms with van der Waals surface area (Å²) in [5.41, 5.74) is 8.87. The van der Waals surface area contributed by atoms with E-state index in [-0.39, 0.29) is 11.9 Å². The summed E-state index contributed by atoms with van der Waals surface area (Å²) < 4.78 is 0. The molecule has 4 nitrogen and oxygen atoms in total. The van der Waals surface area contributed by atoms with Gasteiger partial charge in [0.1, 0.15) is 0 Å². The normalized spacial score (nSPS) is 15.8. The molecule has 4 heteroatoms. The third-order valence-electron chi connectivity index (χ3n) is 2.59. The molecule has 16 heavy (non-hydrogen) atoms. The van der Waals surface area contributed by atoms with Crippen LogP contribution in [0, 0.1) is 0 Å². The lowest BCUT2D eigenvalue weighted by Crippen LogP contribution is -2.30. The Morgan fingerprint density at radius 2 is 2.38 bits per heavy atom. The zero-order chi connectivity index (χ0) is 11.5. The molecule has 0 aliphatic carbocycles.